The molecular weight excluding hydrogens is 290 g/mol. The Bertz CT molecular complexity index is 610. The second-order valence-electron chi connectivity index (χ2n) is 6.22. The molecule has 2 rings (SSSR count). The zero-order chi connectivity index (χ0) is 16.8. The van der Waals surface area contributed by atoms with Gasteiger partial charge in [-0.05, 0) is 38.3 Å². The number of amides is 2. The van der Waals surface area contributed by atoms with Crippen molar-refractivity contribution < 1.29 is 9.59 Å². The normalized spacial score (nSPS) is 16.5. The number of nitrogens with one attached hydrogen (secondary N) is 1. The van der Waals surface area contributed by atoms with E-state index in [1.165, 1.54) is 5.57 Å². The Morgan fingerprint density at radius 1 is 1.35 bits per heavy atom. The summed E-state index contributed by atoms with van der Waals surface area (Å²) in [5.74, 6) is -0.340. The van der Waals surface area contributed by atoms with E-state index >= 15 is 0 Å². The van der Waals surface area contributed by atoms with Gasteiger partial charge >= 0.3 is 0 Å². The van der Waals surface area contributed by atoms with Gasteiger partial charge in [-0.2, -0.15) is 0 Å². The van der Waals surface area contributed by atoms with Gasteiger partial charge in [0.15, 0.2) is 0 Å². The topological polar surface area (TPSA) is 75.4 Å². The fourth-order valence-corrected chi connectivity index (χ4v) is 2.96. The largest absolute Gasteiger partial charge is 0.369 e. The molecule has 1 atom stereocenters. The molecule has 5 heteroatoms. The molecule has 1 aromatic rings. The Kier molecular flexibility index (Phi) is 5.93. The van der Waals surface area contributed by atoms with Gasteiger partial charge in [0, 0.05) is 24.7 Å². The molecular formula is C18H25N3O2. The first-order valence-corrected chi connectivity index (χ1v) is 8.00. The van der Waals surface area contributed by atoms with Crippen LogP contribution in [0, 0.1) is 6.92 Å². The summed E-state index contributed by atoms with van der Waals surface area (Å²) < 4.78 is 0. The molecule has 2 amide bonds. The molecule has 0 radical (unpaired) electrons. The van der Waals surface area contributed by atoms with Crippen LogP contribution >= 0.6 is 0 Å². The molecule has 1 aromatic carbocycles. The molecule has 0 aliphatic carbocycles. The van der Waals surface area contributed by atoms with Crippen LogP contribution in [0.2, 0.25) is 0 Å². The van der Waals surface area contributed by atoms with Crippen LogP contribution in [0.1, 0.15) is 35.7 Å². The van der Waals surface area contributed by atoms with Crippen molar-refractivity contribution >= 4 is 11.8 Å². The van der Waals surface area contributed by atoms with Crippen LogP contribution in [0.3, 0.4) is 0 Å². The third kappa shape index (κ3) is 5.21. The van der Waals surface area contributed by atoms with Gasteiger partial charge in [0.05, 0.1) is 6.54 Å². The number of nitrogens with zero attached hydrogens (tertiary/aromatic N) is 1. The minimum Gasteiger partial charge on any atom is -0.369 e. The van der Waals surface area contributed by atoms with Crippen molar-refractivity contribution in [2.75, 3.05) is 19.6 Å². The number of benzene rings is 1. The molecule has 124 valence electrons. The first-order valence-electron chi connectivity index (χ1n) is 8.00. The molecule has 0 aromatic heterocycles. The predicted octanol–water partition coefficient (Wildman–Crippen LogP) is 1.62. The van der Waals surface area contributed by atoms with Gasteiger partial charge in [-0.1, -0.05) is 29.8 Å². The maximum Gasteiger partial charge on any atom is 0.251 e. The Balaban J connectivity index is 1.88. The summed E-state index contributed by atoms with van der Waals surface area (Å²) in [4.78, 5) is 25.4. The summed E-state index contributed by atoms with van der Waals surface area (Å²) in [6.07, 6.45) is 3.90. The first-order chi connectivity index (χ1) is 11.0. The van der Waals surface area contributed by atoms with E-state index in [0.29, 0.717) is 12.1 Å². The van der Waals surface area contributed by atoms with E-state index in [9.17, 15) is 9.59 Å². The lowest BCUT2D eigenvalue weighted by atomic mass is 10.0. The van der Waals surface area contributed by atoms with E-state index in [1.807, 2.05) is 43.0 Å². The highest BCUT2D eigenvalue weighted by Gasteiger charge is 2.17. The van der Waals surface area contributed by atoms with Crippen molar-refractivity contribution in [2.45, 2.75) is 32.7 Å². The monoisotopic (exact) mass is 315 g/mol. The number of rotatable bonds is 6. The van der Waals surface area contributed by atoms with Crippen LogP contribution in [0.25, 0.3) is 0 Å². The molecule has 1 unspecified atom stereocenters. The summed E-state index contributed by atoms with van der Waals surface area (Å²) in [6, 6.07) is 7.62. The summed E-state index contributed by atoms with van der Waals surface area (Å²) in [5.41, 5.74) is 8.19. The maximum absolute atomic E-state index is 12.3. The smallest absolute Gasteiger partial charge is 0.251 e. The number of nitrogens with two attached hydrogens (primary N) is 1. The standard InChI is InChI=1S/C18H25N3O2/c1-13-6-3-4-8-16(13)18(23)20-14(2)10-15-7-5-9-21(11-15)12-17(19)22/h3-4,6-8,14H,5,9-12H2,1-2H3,(H2,19,22)(H,20,23). The summed E-state index contributed by atoms with van der Waals surface area (Å²) in [6.45, 7) is 5.83. The van der Waals surface area contributed by atoms with Gasteiger partial charge in [-0.25, -0.2) is 0 Å². The number of hydrogen-bond acceptors (Lipinski definition) is 3. The third-order valence-electron chi connectivity index (χ3n) is 4.02. The summed E-state index contributed by atoms with van der Waals surface area (Å²) in [5, 5.41) is 3.05. The average Bonchev–Trinajstić information content (AvgIpc) is 2.47. The number of aryl methyl sites for hydroxylation is 1. The molecule has 0 saturated heterocycles. The molecule has 0 saturated carbocycles. The molecule has 0 fully saturated rings. The molecule has 3 N–H and O–H groups in total. The fraction of sp³-hybridized carbons (Fsp3) is 0.444. The minimum atomic E-state index is -0.299. The van der Waals surface area contributed by atoms with Crippen LogP contribution in [-0.2, 0) is 4.79 Å². The highest BCUT2D eigenvalue weighted by Crippen LogP contribution is 2.15. The van der Waals surface area contributed by atoms with E-state index < -0.39 is 0 Å². The fourth-order valence-electron chi connectivity index (χ4n) is 2.96. The average molecular weight is 315 g/mol. The SMILES string of the molecule is Cc1ccccc1C(=O)NC(C)CC1=CCCN(CC(N)=O)C1. The van der Waals surface area contributed by atoms with Crippen LogP contribution in [-0.4, -0.2) is 42.4 Å². The van der Waals surface area contributed by atoms with Crippen LogP contribution in [0.15, 0.2) is 35.9 Å². The van der Waals surface area contributed by atoms with Crippen LogP contribution in [0.4, 0.5) is 0 Å². The highest BCUT2D eigenvalue weighted by molar-refractivity contribution is 5.95. The van der Waals surface area contributed by atoms with Gasteiger partial charge in [-0.3, -0.25) is 14.5 Å². The minimum absolute atomic E-state index is 0.0407. The predicted molar refractivity (Wildman–Crippen MR) is 91.1 cm³/mol. The Morgan fingerprint density at radius 2 is 2.09 bits per heavy atom. The van der Waals surface area contributed by atoms with E-state index in [2.05, 4.69) is 11.4 Å². The lowest BCUT2D eigenvalue weighted by molar-refractivity contribution is -0.119. The quantitative estimate of drug-likeness (QED) is 0.783. The van der Waals surface area contributed by atoms with E-state index in [1.54, 1.807) is 0 Å². The van der Waals surface area contributed by atoms with Crippen molar-refractivity contribution in [1.29, 1.82) is 0 Å². The number of carbonyl (C=O) groups excluding carboxylic acids is 2. The lowest BCUT2D eigenvalue weighted by Crippen LogP contribution is -2.39. The summed E-state index contributed by atoms with van der Waals surface area (Å²) >= 11 is 0. The molecule has 0 spiro atoms. The maximum atomic E-state index is 12.3. The van der Waals surface area contributed by atoms with Crippen molar-refractivity contribution in [3.8, 4) is 0 Å². The zero-order valence-electron chi connectivity index (χ0n) is 13.8. The summed E-state index contributed by atoms with van der Waals surface area (Å²) in [7, 11) is 0. The van der Waals surface area contributed by atoms with E-state index in [0.717, 1.165) is 31.5 Å². The highest BCUT2D eigenvalue weighted by atomic mass is 16.2. The first kappa shape index (κ1) is 17.2. The Morgan fingerprint density at radius 3 is 2.78 bits per heavy atom. The van der Waals surface area contributed by atoms with Gasteiger partial charge < -0.3 is 11.1 Å². The number of primary amides is 1. The second-order valence-corrected chi connectivity index (χ2v) is 6.22. The van der Waals surface area contributed by atoms with Crippen LogP contribution in [0.5, 0.6) is 0 Å². The molecule has 1 aliphatic heterocycles. The van der Waals surface area contributed by atoms with Gasteiger partial charge in [0.25, 0.3) is 5.91 Å². The van der Waals surface area contributed by atoms with Gasteiger partial charge in [0.1, 0.15) is 0 Å². The Hall–Kier alpha value is -2.14. The van der Waals surface area contributed by atoms with Crippen molar-refractivity contribution in [1.82, 2.24) is 10.2 Å². The Labute approximate surface area is 137 Å². The third-order valence-corrected chi connectivity index (χ3v) is 4.02. The lowest BCUT2D eigenvalue weighted by Gasteiger charge is -2.27. The molecule has 5 nitrogen and oxygen atoms in total. The molecule has 1 heterocycles. The van der Waals surface area contributed by atoms with Crippen molar-refractivity contribution in [2.24, 2.45) is 5.73 Å². The van der Waals surface area contributed by atoms with Gasteiger partial charge in [-0.15, -0.1) is 0 Å². The van der Waals surface area contributed by atoms with Gasteiger partial charge in [0.2, 0.25) is 5.91 Å². The molecule has 1 aliphatic rings. The number of hydrogen-bond donors (Lipinski definition) is 2. The number of carbonyl (C=O) groups is 2. The van der Waals surface area contributed by atoms with Crippen molar-refractivity contribution in [3.05, 3.63) is 47.0 Å². The van der Waals surface area contributed by atoms with E-state index in [-0.39, 0.29) is 17.9 Å². The molecule has 0 bridgehead atoms. The van der Waals surface area contributed by atoms with Crippen LogP contribution < -0.4 is 11.1 Å². The zero-order valence-corrected chi connectivity index (χ0v) is 13.8. The second kappa shape index (κ2) is 7.92. The van der Waals surface area contributed by atoms with Crippen molar-refractivity contribution in [3.63, 3.8) is 0 Å². The van der Waals surface area contributed by atoms with E-state index in [4.69, 9.17) is 5.73 Å². The molecule has 23 heavy (non-hydrogen) atoms.